The number of fused-ring (bicyclic) bond motifs is 2. The molecule has 32 heavy (non-hydrogen) atoms. The number of nitrogens with zero attached hydrogens (tertiary/aromatic N) is 2. The molecule has 2 heterocycles. The fraction of sp³-hybridized carbons (Fsp3) is 0.269. The van der Waals surface area contributed by atoms with Crippen LogP contribution in [0.25, 0.3) is 21.5 Å². The normalized spacial score (nSPS) is 13.4. The number of carbonyl (C=O) groups is 1. The van der Waals surface area contributed by atoms with Gasteiger partial charge >= 0.3 is 5.97 Å². The van der Waals surface area contributed by atoms with Crippen molar-refractivity contribution in [3.8, 4) is 16.3 Å². The molecule has 0 saturated heterocycles. The fourth-order valence-electron chi connectivity index (χ4n) is 4.26. The molecule has 1 aliphatic carbocycles. The van der Waals surface area contributed by atoms with E-state index in [-0.39, 0.29) is 12.6 Å². The summed E-state index contributed by atoms with van der Waals surface area (Å²) in [5.74, 6) is 0.494. The molecule has 2 aromatic carbocycles. The van der Waals surface area contributed by atoms with Crippen molar-refractivity contribution >= 4 is 28.2 Å². The summed E-state index contributed by atoms with van der Waals surface area (Å²) in [4.78, 5) is 22.8. The van der Waals surface area contributed by atoms with Gasteiger partial charge in [0.1, 0.15) is 17.4 Å². The second-order valence-electron chi connectivity index (χ2n) is 7.94. The van der Waals surface area contributed by atoms with Crippen LogP contribution in [0.5, 0.6) is 5.75 Å². The van der Waals surface area contributed by atoms with Crippen LogP contribution in [-0.4, -0.2) is 23.0 Å². The smallest absolute Gasteiger partial charge is 0.339 e. The molecule has 0 atom stereocenters. The lowest BCUT2D eigenvalue weighted by Crippen LogP contribution is -2.12. The largest absolute Gasteiger partial charge is 0.497 e. The van der Waals surface area contributed by atoms with Crippen LogP contribution >= 0.6 is 11.3 Å². The molecular formula is C26H24N2O3S. The number of carbonyl (C=O) groups excluding carboxylic acids is 1. The van der Waals surface area contributed by atoms with Gasteiger partial charge in [0.15, 0.2) is 0 Å². The van der Waals surface area contributed by atoms with E-state index in [0.29, 0.717) is 5.56 Å². The minimum Gasteiger partial charge on any atom is -0.497 e. The molecule has 1 aliphatic rings. The van der Waals surface area contributed by atoms with Crippen molar-refractivity contribution in [3.05, 3.63) is 76.4 Å². The number of hydrogen-bond acceptors (Lipinski definition) is 6. The van der Waals surface area contributed by atoms with E-state index in [9.17, 15) is 4.79 Å². The van der Waals surface area contributed by atoms with E-state index < -0.39 is 0 Å². The molecule has 0 aliphatic heterocycles. The topological polar surface area (TPSA) is 61.3 Å². The van der Waals surface area contributed by atoms with Crippen LogP contribution in [-0.2, 0) is 24.2 Å². The van der Waals surface area contributed by atoms with E-state index in [4.69, 9.17) is 14.5 Å². The highest BCUT2D eigenvalue weighted by molar-refractivity contribution is 7.13. The predicted molar refractivity (Wildman–Crippen MR) is 126 cm³/mol. The molecule has 0 amide bonds. The maximum absolute atomic E-state index is 13.3. The van der Waals surface area contributed by atoms with Gasteiger partial charge in [-0.25, -0.2) is 9.78 Å². The zero-order valence-electron chi connectivity index (χ0n) is 18.0. The molecule has 5 rings (SSSR count). The van der Waals surface area contributed by atoms with E-state index in [1.165, 1.54) is 11.3 Å². The van der Waals surface area contributed by atoms with Crippen molar-refractivity contribution in [3.63, 3.8) is 0 Å². The van der Waals surface area contributed by atoms with Crippen molar-refractivity contribution in [1.29, 1.82) is 0 Å². The highest BCUT2D eigenvalue weighted by Crippen LogP contribution is 2.30. The van der Waals surface area contributed by atoms with Gasteiger partial charge in [-0.2, -0.15) is 0 Å². The predicted octanol–water partition coefficient (Wildman–Crippen LogP) is 5.99. The standard InChI is InChI=1S/C26H24N2O3S/c1-30-19-9-7-8-17(14-19)25-27-18(16-32-25)15-31-26(29)24-20-10-3-2-4-12-22(20)28-23-13-6-5-11-21(23)24/h5-9,11,13-14,16H,2-4,10,12,15H2,1H3. The van der Waals surface area contributed by atoms with E-state index in [1.807, 2.05) is 53.9 Å². The SMILES string of the molecule is COc1cccc(-c2nc(COC(=O)c3c4c(nc5ccccc35)CCCCC4)cs2)c1. The monoisotopic (exact) mass is 444 g/mol. The third-order valence-corrected chi connectivity index (χ3v) is 6.78. The second kappa shape index (κ2) is 9.09. The first-order valence-corrected chi connectivity index (χ1v) is 11.8. The maximum atomic E-state index is 13.3. The van der Waals surface area contributed by atoms with Crippen LogP contribution in [0.4, 0.5) is 0 Å². The van der Waals surface area contributed by atoms with Crippen molar-refractivity contribution in [1.82, 2.24) is 9.97 Å². The van der Waals surface area contributed by atoms with Crippen LogP contribution in [0.15, 0.2) is 53.9 Å². The average molecular weight is 445 g/mol. The van der Waals surface area contributed by atoms with Crippen molar-refractivity contribution < 1.29 is 14.3 Å². The molecule has 0 bridgehead atoms. The Morgan fingerprint density at radius 2 is 1.91 bits per heavy atom. The van der Waals surface area contributed by atoms with Gasteiger partial charge in [0.05, 0.1) is 23.9 Å². The van der Waals surface area contributed by atoms with Crippen LogP contribution in [0, 0.1) is 0 Å². The van der Waals surface area contributed by atoms with E-state index in [2.05, 4.69) is 4.98 Å². The highest BCUT2D eigenvalue weighted by Gasteiger charge is 2.23. The van der Waals surface area contributed by atoms with Crippen molar-refractivity contribution in [2.75, 3.05) is 7.11 Å². The number of hydrogen-bond donors (Lipinski definition) is 0. The third kappa shape index (κ3) is 4.10. The number of ether oxygens (including phenoxy) is 2. The molecule has 0 saturated carbocycles. The van der Waals surface area contributed by atoms with E-state index in [1.54, 1.807) is 7.11 Å². The quantitative estimate of drug-likeness (QED) is 0.279. The van der Waals surface area contributed by atoms with Gasteiger partial charge in [-0.05, 0) is 49.4 Å². The molecular weight excluding hydrogens is 420 g/mol. The Hall–Kier alpha value is -3.25. The number of thiazole rings is 1. The molecule has 6 heteroatoms. The molecule has 0 spiro atoms. The number of methoxy groups -OCH3 is 1. The Labute approximate surface area is 191 Å². The summed E-state index contributed by atoms with van der Waals surface area (Å²) >= 11 is 1.53. The number of pyridine rings is 1. The van der Waals surface area contributed by atoms with Gasteiger partial charge in [0, 0.05) is 22.0 Å². The molecule has 162 valence electrons. The zero-order valence-corrected chi connectivity index (χ0v) is 18.8. The minimum atomic E-state index is -0.294. The summed E-state index contributed by atoms with van der Waals surface area (Å²) in [5.41, 5.74) is 5.36. The van der Waals surface area contributed by atoms with Gasteiger partial charge < -0.3 is 9.47 Å². The van der Waals surface area contributed by atoms with Crippen LogP contribution in [0.1, 0.15) is 46.6 Å². The van der Waals surface area contributed by atoms with E-state index in [0.717, 1.165) is 76.3 Å². The Kier molecular flexibility index (Phi) is 5.86. The highest BCUT2D eigenvalue weighted by atomic mass is 32.1. The minimum absolute atomic E-state index is 0.144. The Morgan fingerprint density at radius 1 is 1.03 bits per heavy atom. The fourth-order valence-corrected chi connectivity index (χ4v) is 5.06. The number of benzene rings is 2. The van der Waals surface area contributed by atoms with Crippen LogP contribution in [0.3, 0.4) is 0 Å². The molecule has 0 fully saturated rings. The summed E-state index contributed by atoms with van der Waals surface area (Å²) in [7, 11) is 1.65. The van der Waals surface area contributed by atoms with Gasteiger partial charge in [-0.1, -0.05) is 36.8 Å². The number of aryl methyl sites for hydroxylation is 1. The zero-order chi connectivity index (χ0) is 21.9. The molecule has 0 radical (unpaired) electrons. The summed E-state index contributed by atoms with van der Waals surface area (Å²) in [6.07, 6.45) is 5.12. The first-order chi connectivity index (χ1) is 15.7. The lowest BCUT2D eigenvalue weighted by molar-refractivity contribution is 0.0469. The van der Waals surface area contributed by atoms with Crippen LogP contribution in [0.2, 0.25) is 0 Å². The molecule has 2 aromatic heterocycles. The van der Waals surface area contributed by atoms with Gasteiger partial charge in [-0.3, -0.25) is 4.98 Å². The number of rotatable bonds is 5. The van der Waals surface area contributed by atoms with Gasteiger partial charge in [0.2, 0.25) is 0 Å². The summed E-state index contributed by atoms with van der Waals surface area (Å²) < 4.78 is 11.1. The van der Waals surface area contributed by atoms with Gasteiger partial charge in [0.25, 0.3) is 0 Å². The molecule has 0 N–H and O–H groups in total. The lowest BCUT2D eigenvalue weighted by Gasteiger charge is -2.14. The number of esters is 1. The Morgan fingerprint density at radius 3 is 2.81 bits per heavy atom. The first-order valence-electron chi connectivity index (χ1n) is 10.9. The summed E-state index contributed by atoms with van der Waals surface area (Å²) in [5, 5.41) is 3.68. The summed E-state index contributed by atoms with van der Waals surface area (Å²) in [6.45, 7) is 0.144. The number of aromatic nitrogens is 2. The summed E-state index contributed by atoms with van der Waals surface area (Å²) in [6, 6.07) is 15.6. The maximum Gasteiger partial charge on any atom is 0.339 e. The first kappa shape index (κ1) is 20.6. The van der Waals surface area contributed by atoms with Crippen LogP contribution < -0.4 is 4.74 Å². The van der Waals surface area contributed by atoms with Crippen molar-refractivity contribution in [2.24, 2.45) is 0 Å². The molecule has 4 aromatic rings. The van der Waals surface area contributed by atoms with E-state index >= 15 is 0 Å². The Bertz CT molecular complexity index is 1280. The third-order valence-electron chi connectivity index (χ3n) is 5.84. The van der Waals surface area contributed by atoms with Gasteiger partial charge in [-0.15, -0.1) is 11.3 Å². The average Bonchev–Trinajstić information content (AvgIpc) is 3.19. The second-order valence-corrected chi connectivity index (χ2v) is 8.80. The lowest BCUT2D eigenvalue weighted by atomic mass is 9.97. The Balaban J connectivity index is 1.40. The molecule has 0 unspecified atom stereocenters. The van der Waals surface area contributed by atoms with Crippen molar-refractivity contribution in [2.45, 2.75) is 38.7 Å². The number of para-hydroxylation sites is 1. The molecule has 5 nitrogen and oxygen atoms in total.